The Morgan fingerprint density at radius 2 is 2.00 bits per heavy atom. The summed E-state index contributed by atoms with van der Waals surface area (Å²) < 4.78 is 0.889. The second-order valence-corrected chi connectivity index (χ2v) is 5.85. The topological polar surface area (TPSA) is 78.9 Å². The molecule has 0 unspecified atom stereocenters. The van der Waals surface area contributed by atoms with Gasteiger partial charge in [-0.15, -0.1) is 0 Å². The normalized spacial score (nSPS) is 22.5. The zero-order chi connectivity index (χ0) is 13.8. The molecule has 0 aliphatic heterocycles. The SMILES string of the molecule is N#Cc1cc(Br)cc(NC2CCC(C(N)=O)CC2)c1. The highest BCUT2D eigenvalue weighted by Gasteiger charge is 2.24. The highest BCUT2D eigenvalue weighted by Crippen LogP contribution is 2.27. The van der Waals surface area contributed by atoms with Gasteiger partial charge in [-0.3, -0.25) is 4.79 Å². The molecule has 1 saturated carbocycles. The molecule has 0 bridgehead atoms. The van der Waals surface area contributed by atoms with Gasteiger partial charge >= 0.3 is 0 Å². The lowest BCUT2D eigenvalue weighted by Crippen LogP contribution is -2.32. The monoisotopic (exact) mass is 321 g/mol. The summed E-state index contributed by atoms with van der Waals surface area (Å²) in [5.41, 5.74) is 6.89. The van der Waals surface area contributed by atoms with Crippen molar-refractivity contribution in [2.75, 3.05) is 5.32 Å². The van der Waals surface area contributed by atoms with Gasteiger partial charge in [0.25, 0.3) is 0 Å². The van der Waals surface area contributed by atoms with Crippen molar-refractivity contribution >= 4 is 27.5 Å². The number of carbonyl (C=O) groups excluding carboxylic acids is 1. The summed E-state index contributed by atoms with van der Waals surface area (Å²) in [6.45, 7) is 0. The Morgan fingerprint density at radius 3 is 2.58 bits per heavy atom. The van der Waals surface area contributed by atoms with Gasteiger partial charge in [-0.05, 0) is 43.9 Å². The van der Waals surface area contributed by atoms with Gasteiger partial charge in [0, 0.05) is 22.1 Å². The molecule has 1 aliphatic carbocycles. The Morgan fingerprint density at radius 1 is 1.32 bits per heavy atom. The third-order valence-corrected chi connectivity index (χ3v) is 3.99. The first-order valence-corrected chi connectivity index (χ1v) is 7.14. The van der Waals surface area contributed by atoms with Crippen LogP contribution in [-0.4, -0.2) is 11.9 Å². The van der Waals surface area contributed by atoms with Gasteiger partial charge in [-0.1, -0.05) is 15.9 Å². The predicted molar refractivity (Wildman–Crippen MR) is 77.4 cm³/mol. The van der Waals surface area contributed by atoms with E-state index in [9.17, 15) is 4.79 Å². The fourth-order valence-corrected chi connectivity index (χ4v) is 2.99. The number of hydrogen-bond donors (Lipinski definition) is 2. The molecule has 0 saturated heterocycles. The molecule has 0 aromatic heterocycles. The number of amides is 1. The van der Waals surface area contributed by atoms with Crippen molar-refractivity contribution in [2.24, 2.45) is 11.7 Å². The molecule has 0 spiro atoms. The standard InChI is InChI=1S/C14H16BrN3O/c15-11-5-9(8-16)6-13(7-11)18-12-3-1-10(2-4-12)14(17)19/h5-7,10,12,18H,1-4H2,(H2,17,19). The third-order valence-electron chi connectivity index (χ3n) is 3.53. The van der Waals surface area contributed by atoms with Crippen molar-refractivity contribution in [1.29, 1.82) is 5.26 Å². The van der Waals surface area contributed by atoms with E-state index in [0.29, 0.717) is 11.6 Å². The Balaban J connectivity index is 1.98. The summed E-state index contributed by atoms with van der Waals surface area (Å²) in [4.78, 5) is 11.1. The van der Waals surface area contributed by atoms with Crippen LogP contribution in [-0.2, 0) is 4.79 Å². The van der Waals surface area contributed by atoms with E-state index in [1.54, 1.807) is 6.07 Å². The first-order valence-electron chi connectivity index (χ1n) is 6.35. The summed E-state index contributed by atoms with van der Waals surface area (Å²) in [5, 5.41) is 12.4. The Bertz CT molecular complexity index is 516. The number of nitrogens with two attached hydrogens (primary N) is 1. The van der Waals surface area contributed by atoms with Crippen LogP contribution in [0.15, 0.2) is 22.7 Å². The Hall–Kier alpha value is -1.54. The average Bonchev–Trinajstić information content (AvgIpc) is 2.38. The molecule has 1 aromatic carbocycles. The molecular weight excluding hydrogens is 306 g/mol. The van der Waals surface area contributed by atoms with Crippen LogP contribution in [0, 0.1) is 17.2 Å². The van der Waals surface area contributed by atoms with Crippen LogP contribution < -0.4 is 11.1 Å². The molecule has 1 aromatic rings. The first-order chi connectivity index (χ1) is 9.08. The number of hydrogen-bond acceptors (Lipinski definition) is 3. The van der Waals surface area contributed by atoms with Crippen molar-refractivity contribution in [3.05, 3.63) is 28.2 Å². The minimum Gasteiger partial charge on any atom is -0.382 e. The Kier molecular flexibility index (Phi) is 4.43. The van der Waals surface area contributed by atoms with Crippen LogP contribution in [0.1, 0.15) is 31.2 Å². The number of halogens is 1. The molecule has 1 fully saturated rings. The summed E-state index contributed by atoms with van der Waals surface area (Å²) in [6, 6.07) is 8.06. The largest absolute Gasteiger partial charge is 0.382 e. The van der Waals surface area contributed by atoms with E-state index in [1.807, 2.05) is 12.1 Å². The van der Waals surface area contributed by atoms with Crippen LogP contribution in [0.3, 0.4) is 0 Å². The quantitative estimate of drug-likeness (QED) is 0.898. The number of primary amides is 1. The van der Waals surface area contributed by atoms with E-state index in [1.165, 1.54) is 0 Å². The second-order valence-electron chi connectivity index (χ2n) is 4.94. The number of nitrogens with one attached hydrogen (secondary N) is 1. The van der Waals surface area contributed by atoms with Crippen LogP contribution in [0.25, 0.3) is 0 Å². The van der Waals surface area contributed by atoms with Crippen LogP contribution in [0.2, 0.25) is 0 Å². The van der Waals surface area contributed by atoms with E-state index in [-0.39, 0.29) is 11.8 Å². The maximum Gasteiger partial charge on any atom is 0.220 e. The van der Waals surface area contributed by atoms with Gasteiger partial charge in [-0.25, -0.2) is 0 Å². The van der Waals surface area contributed by atoms with Crippen molar-refractivity contribution in [2.45, 2.75) is 31.7 Å². The molecule has 4 nitrogen and oxygen atoms in total. The number of carbonyl (C=O) groups is 1. The summed E-state index contributed by atoms with van der Waals surface area (Å²) in [7, 11) is 0. The van der Waals surface area contributed by atoms with Crippen LogP contribution in [0.5, 0.6) is 0 Å². The first kappa shape index (κ1) is 13.9. The molecular formula is C14H16BrN3O. The average molecular weight is 322 g/mol. The van der Waals surface area contributed by atoms with Gasteiger partial charge in [0.1, 0.15) is 0 Å². The van der Waals surface area contributed by atoms with E-state index in [4.69, 9.17) is 11.0 Å². The van der Waals surface area contributed by atoms with E-state index in [0.717, 1.165) is 35.8 Å². The zero-order valence-corrected chi connectivity index (χ0v) is 12.1. The minimum atomic E-state index is -0.187. The lowest BCUT2D eigenvalue weighted by molar-refractivity contribution is -0.122. The molecule has 1 amide bonds. The third kappa shape index (κ3) is 3.71. The molecule has 100 valence electrons. The number of nitrogens with zero attached hydrogens (tertiary/aromatic N) is 1. The van der Waals surface area contributed by atoms with Gasteiger partial charge in [0.2, 0.25) is 5.91 Å². The second kappa shape index (κ2) is 6.07. The van der Waals surface area contributed by atoms with Crippen LogP contribution in [0.4, 0.5) is 5.69 Å². The zero-order valence-electron chi connectivity index (χ0n) is 10.5. The summed E-state index contributed by atoms with van der Waals surface area (Å²) in [6.07, 6.45) is 3.54. The van der Waals surface area contributed by atoms with E-state index < -0.39 is 0 Å². The molecule has 19 heavy (non-hydrogen) atoms. The molecule has 5 heteroatoms. The van der Waals surface area contributed by atoms with Crippen molar-refractivity contribution in [1.82, 2.24) is 0 Å². The minimum absolute atomic E-state index is 0.0234. The maximum atomic E-state index is 11.1. The van der Waals surface area contributed by atoms with Gasteiger partial charge in [-0.2, -0.15) is 5.26 Å². The van der Waals surface area contributed by atoms with Crippen LogP contribution >= 0.6 is 15.9 Å². The highest BCUT2D eigenvalue weighted by atomic mass is 79.9. The van der Waals surface area contributed by atoms with Gasteiger partial charge in [0.15, 0.2) is 0 Å². The van der Waals surface area contributed by atoms with Gasteiger partial charge in [0.05, 0.1) is 11.6 Å². The Labute approximate surface area is 121 Å². The molecule has 2 rings (SSSR count). The fourth-order valence-electron chi connectivity index (χ4n) is 2.50. The molecule has 3 N–H and O–H groups in total. The van der Waals surface area contributed by atoms with E-state index >= 15 is 0 Å². The molecule has 1 aliphatic rings. The van der Waals surface area contributed by atoms with Crippen molar-refractivity contribution in [3.63, 3.8) is 0 Å². The van der Waals surface area contributed by atoms with E-state index in [2.05, 4.69) is 27.3 Å². The number of anilines is 1. The fraction of sp³-hybridized carbons (Fsp3) is 0.429. The number of rotatable bonds is 3. The molecule has 0 heterocycles. The van der Waals surface area contributed by atoms with Gasteiger partial charge < -0.3 is 11.1 Å². The maximum absolute atomic E-state index is 11.1. The summed E-state index contributed by atoms with van der Waals surface area (Å²) in [5.74, 6) is -0.164. The molecule has 0 atom stereocenters. The predicted octanol–water partition coefficient (Wildman–Crippen LogP) is 2.78. The lowest BCUT2D eigenvalue weighted by Gasteiger charge is -2.28. The van der Waals surface area contributed by atoms with Crippen molar-refractivity contribution in [3.8, 4) is 6.07 Å². The highest BCUT2D eigenvalue weighted by molar-refractivity contribution is 9.10. The smallest absolute Gasteiger partial charge is 0.220 e. The molecule has 0 radical (unpaired) electrons. The van der Waals surface area contributed by atoms with Crippen molar-refractivity contribution < 1.29 is 4.79 Å². The summed E-state index contributed by atoms with van der Waals surface area (Å²) >= 11 is 3.39. The number of nitriles is 1. The lowest BCUT2D eigenvalue weighted by atomic mass is 9.85. The number of benzene rings is 1.